The minimum Gasteiger partial charge on any atom is -0.369 e. The summed E-state index contributed by atoms with van der Waals surface area (Å²) in [5, 5.41) is 12.4. The number of carbonyl (C=O) groups excluding carboxylic acids is 1. The highest BCUT2D eigenvalue weighted by molar-refractivity contribution is 7.92. The van der Waals surface area contributed by atoms with Crippen molar-refractivity contribution in [2.75, 3.05) is 0 Å². The summed E-state index contributed by atoms with van der Waals surface area (Å²) in [6.45, 7) is 0. The second kappa shape index (κ2) is 10.1. The Labute approximate surface area is 223 Å². The van der Waals surface area contributed by atoms with Gasteiger partial charge >= 0.3 is 12.4 Å². The number of hydrogen-bond acceptors (Lipinski definition) is 5. The van der Waals surface area contributed by atoms with Gasteiger partial charge in [0.15, 0.2) is 9.84 Å². The van der Waals surface area contributed by atoms with Crippen molar-refractivity contribution >= 4 is 15.7 Å². The van der Waals surface area contributed by atoms with E-state index in [2.05, 4.69) is 10.3 Å². The molecule has 1 aliphatic rings. The lowest BCUT2D eigenvalue weighted by Gasteiger charge is -2.34. The lowest BCUT2D eigenvalue weighted by Crippen LogP contribution is -2.53. The number of nitrogens with one attached hydrogen (secondary N) is 1. The second-order valence-corrected chi connectivity index (χ2v) is 11.6. The molecule has 1 aromatic heterocycles. The van der Waals surface area contributed by atoms with Gasteiger partial charge in [-0.3, -0.25) is 9.78 Å². The zero-order valence-corrected chi connectivity index (χ0v) is 21.1. The molecule has 214 valence electrons. The number of alkyl halides is 6. The fraction of sp³-hybridized carbons (Fsp3) is 0.308. The average molecular weight is 591 g/mol. The number of carbonyl (C=O) groups is 1. The van der Waals surface area contributed by atoms with Crippen LogP contribution in [0, 0.1) is 5.82 Å². The van der Waals surface area contributed by atoms with Crippen LogP contribution in [0.3, 0.4) is 0 Å². The van der Waals surface area contributed by atoms with Gasteiger partial charge in [-0.2, -0.15) is 26.3 Å². The molecule has 1 fully saturated rings. The Morgan fingerprint density at radius 1 is 0.900 bits per heavy atom. The maximum absolute atomic E-state index is 13.9. The SMILES string of the molecule is O=C(N[C@@H]1CC[C@](c2ccc(C(O)(C(F)(F)F)C(F)(F)F)cc2)(S(=O)(=O)c2ccc(F)cc2)C1)c1ccncc1. The maximum atomic E-state index is 13.9. The van der Waals surface area contributed by atoms with Crippen molar-refractivity contribution in [1.29, 1.82) is 0 Å². The van der Waals surface area contributed by atoms with Crippen LogP contribution < -0.4 is 5.32 Å². The molecule has 0 saturated heterocycles. The molecule has 3 aromatic rings. The quantitative estimate of drug-likeness (QED) is 0.305. The largest absolute Gasteiger partial charge is 0.430 e. The number of rotatable bonds is 6. The molecule has 2 atom stereocenters. The summed E-state index contributed by atoms with van der Waals surface area (Å²) in [4.78, 5) is 16.1. The summed E-state index contributed by atoms with van der Waals surface area (Å²) in [5.74, 6) is -1.28. The molecule has 0 radical (unpaired) electrons. The number of amides is 1. The number of nitrogens with zero attached hydrogens (tertiary/aromatic N) is 1. The molecule has 4 rings (SSSR count). The minimum absolute atomic E-state index is 0.0913. The Bertz CT molecular complexity index is 1460. The molecule has 1 aliphatic carbocycles. The number of sulfone groups is 1. The van der Waals surface area contributed by atoms with Gasteiger partial charge in [-0.1, -0.05) is 24.3 Å². The molecule has 1 amide bonds. The van der Waals surface area contributed by atoms with Gasteiger partial charge in [-0.15, -0.1) is 0 Å². The van der Waals surface area contributed by atoms with E-state index < -0.39 is 55.9 Å². The Kier molecular flexibility index (Phi) is 7.47. The highest BCUT2D eigenvalue weighted by Crippen LogP contribution is 2.52. The molecule has 6 nitrogen and oxygen atoms in total. The van der Waals surface area contributed by atoms with Crippen molar-refractivity contribution in [3.8, 4) is 0 Å². The lowest BCUT2D eigenvalue weighted by molar-refractivity contribution is -0.376. The summed E-state index contributed by atoms with van der Waals surface area (Å²) in [7, 11) is -4.44. The number of halogens is 7. The van der Waals surface area contributed by atoms with E-state index in [9.17, 15) is 49.1 Å². The zero-order valence-electron chi connectivity index (χ0n) is 20.3. The number of benzene rings is 2. The van der Waals surface area contributed by atoms with Crippen molar-refractivity contribution in [2.24, 2.45) is 0 Å². The predicted octanol–water partition coefficient (Wildman–Crippen LogP) is 5.18. The summed E-state index contributed by atoms with van der Waals surface area (Å²) in [6, 6.07) is 8.20. The van der Waals surface area contributed by atoms with Crippen molar-refractivity contribution in [1.82, 2.24) is 10.3 Å². The molecule has 14 heteroatoms. The lowest BCUT2D eigenvalue weighted by atomic mass is 9.88. The van der Waals surface area contributed by atoms with Crippen molar-refractivity contribution in [3.63, 3.8) is 0 Å². The number of aromatic nitrogens is 1. The van der Waals surface area contributed by atoms with Crippen LogP contribution in [0.5, 0.6) is 0 Å². The van der Waals surface area contributed by atoms with Crippen LogP contribution in [0.4, 0.5) is 30.7 Å². The van der Waals surface area contributed by atoms with Gasteiger partial charge in [0.2, 0.25) is 0 Å². The van der Waals surface area contributed by atoms with Crippen molar-refractivity contribution in [2.45, 2.75) is 52.9 Å². The number of pyridine rings is 1. The van der Waals surface area contributed by atoms with E-state index in [4.69, 9.17) is 0 Å². The van der Waals surface area contributed by atoms with Crippen LogP contribution in [0.1, 0.15) is 40.7 Å². The van der Waals surface area contributed by atoms with Crippen LogP contribution in [-0.4, -0.2) is 42.8 Å². The Balaban J connectivity index is 1.78. The van der Waals surface area contributed by atoms with Crippen LogP contribution in [0.2, 0.25) is 0 Å². The Morgan fingerprint density at radius 3 is 1.98 bits per heavy atom. The molecule has 0 unspecified atom stereocenters. The maximum Gasteiger partial charge on any atom is 0.430 e. The third-order valence-corrected chi connectivity index (χ3v) is 9.57. The molecule has 0 aliphatic heterocycles. The van der Waals surface area contributed by atoms with Crippen LogP contribution in [0.25, 0.3) is 0 Å². The highest BCUT2D eigenvalue weighted by atomic mass is 32.2. The molecule has 1 heterocycles. The zero-order chi connectivity index (χ0) is 29.6. The van der Waals surface area contributed by atoms with Crippen LogP contribution in [0.15, 0.2) is 78.0 Å². The monoisotopic (exact) mass is 590 g/mol. The van der Waals surface area contributed by atoms with Gasteiger partial charge in [0.05, 0.1) is 4.90 Å². The second-order valence-electron chi connectivity index (χ2n) is 9.38. The van der Waals surface area contributed by atoms with Crippen LogP contribution >= 0.6 is 0 Å². The first-order valence-electron chi connectivity index (χ1n) is 11.7. The van der Waals surface area contributed by atoms with Gasteiger partial charge < -0.3 is 10.4 Å². The van der Waals surface area contributed by atoms with E-state index in [1.54, 1.807) is 0 Å². The molecule has 2 aromatic carbocycles. The van der Waals surface area contributed by atoms with E-state index in [1.807, 2.05) is 0 Å². The molecule has 0 bridgehead atoms. The van der Waals surface area contributed by atoms with Crippen LogP contribution in [-0.2, 0) is 20.2 Å². The molecular formula is C26H21F7N2O4S. The van der Waals surface area contributed by atoms with E-state index >= 15 is 0 Å². The van der Waals surface area contributed by atoms with Crippen molar-refractivity contribution in [3.05, 3.63) is 95.6 Å². The average Bonchev–Trinajstić information content (AvgIpc) is 3.33. The fourth-order valence-corrected chi connectivity index (χ4v) is 7.11. The first-order valence-corrected chi connectivity index (χ1v) is 13.2. The number of hydrogen-bond donors (Lipinski definition) is 2. The first-order chi connectivity index (χ1) is 18.5. The fourth-order valence-electron chi connectivity index (χ4n) is 4.91. The predicted molar refractivity (Wildman–Crippen MR) is 127 cm³/mol. The third kappa shape index (κ3) is 4.94. The summed E-state index contributed by atoms with van der Waals surface area (Å²) in [5.41, 5.74) is -6.67. The van der Waals surface area contributed by atoms with E-state index in [0.29, 0.717) is 12.1 Å². The summed E-state index contributed by atoms with van der Waals surface area (Å²) < 4.78 is 120. The summed E-state index contributed by atoms with van der Waals surface area (Å²) >= 11 is 0. The molecule has 0 spiro atoms. The topological polar surface area (TPSA) is 96.4 Å². The van der Waals surface area contributed by atoms with Crippen molar-refractivity contribution < 1.29 is 49.1 Å². The smallest absolute Gasteiger partial charge is 0.369 e. The molecule has 40 heavy (non-hydrogen) atoms. The van der Waals surface area contributed by atoms with Gasteiger partial charge in [0, 0.05) is 29.6 Å². The van der Waals surface area contributed by atoms with E-state index in [0.717, 1.165) is 36.4 Å². The molecule has 2 N–H and O–H groups in total. The summed E-state index contributed by atoms with van der Waals surface area (Å²) in [6.07, 6.45) is -9.87. The normalized spacial score (nSPS) is 20.4. The van der Waals surface area contributed by atoms with E-state index in [-0.39, 0.29) is 35.3 Å². The minimum atomic E-state index is -6.12. The molecule has 1 saturated carbocycles. The third-order valence-electron chi connectivity index (χ3n) is 7.04. The number of aliphatic hydroxyl groups is 1. The Hall–Kier alpha value is -3.52. The standard InChI is InChI=1S/C26H21F7N2O4S/c27-19-5-7-21(8-6-19)40(38,39)23(12-9-20(15-23)35-22(36)16-10-13-34-14-11-16)17-1-3-18(4-2-17)24(37,25(28,29)30)26(31,32)33/h1-8,10-11,13-14,20,37H,9,12,15H2,(H,35,36)/t20-,23+/m1/s1. The van der Waals surface area contributed by atoms with Gasteiger partial charge in [0.25, 0.3) is 11.5 Å². The van der Waals surface area contributed by atoms with Gasteiger partial charge in [-0.05, 0) is 61.2 Å². The van der Waals surface area contributed by atoms with Gasteiger partial charge in [-0.25, -0.2) is 12.8 Å². The molecular weight excluding hydrogens is 569 g/mol. The van der Waals surface area contributed by atoms with E-state index in [1.165, 1.54) is 24.5 Å². The van der Waals surface area contributed by atoms with Gasteiger partial charge in [0.1, 0.15) is 10.6 Å². The first kappa shape index (κ1) is 29.5. The highest BCUT2D eigenvalue weighted by Gasteiger charge is 2.71. The Morgan fingerprint density at radius 2 is 1.45 bits per heavy atom.